The van der Waals surface area contributed by atoms with Gasteiger partial charge in [-0.15, -0.1) is 0 Å². The fraction of sp³-hybridized carbons (Fsp3) is 0.611. The Morgan fingerprint density at radius 2 is 2.18 bits per heavy atom. The number of amides is 1. The molecule has 0 N–H and O–H groups in total. The lowest BCUT2D eigenvalue weighted by atomic mass is 9.91. The average molecular weight is 305 g/mol. The Hall–Kier alpha value is -1.42. The molecule has 1 aliphatic heterocycles. The van der Waals surface area contributed by atoms with Crippen LogP contribution in [0.15, 0.2) is 24.3 Å². The molecule has 0 bridgehead atoms. The number of rotatable bonds is 5. The van der Waals surface area contributed by atoms with E-state index < -0.39 is 5.41 Å². The summed E-state index contributed by atoms with van der Waals surface area (Å²) in [7, 11) is 0. The van der Waals surface area contributed by atoms with E-state index in [4.69, 9.17) is 4.74 Å². The van der Waals surface area contributed by atoms with Crippen molar-refractivity contribution in [1.29, 1.82) is 0 Å². The van der Waals surface area contributed by atoms with Crippen LogP contribution in [0.1, 0.15) is 38.2 Å². The van der Waals surface area contributed by atoms with Crippen LogP contribution >= 0.6 is 0 Å². The maximum atomic E-state index is 14.1. The second-order valence-electron chi connectivity index (χ2n) is 6.48. The van der Waals surface area contributed by atoms with Crippen LogP contribution in [0, 0.1) is 11.7 Å². The van der Waals surface area contributed by atoms with E-state index in [1.54, 1.807) is 12.1 Å². The highest BCUT2D eigenvalue weighted by atomic mass is 19.1. The number of ether oxygens (including phenoxy) is 1. The van der Waals surface area contributed by atoms with Crippen molar-refractivity contribution in [2.75, 3.05) is 26.3 Å². The van der Waals surface area contributed by atoms with E-state index in [2.05, 4.69) is 0 Å². The molecule has 1 heterocycles. The molecule has 120 valence electrons. The third-order valence-corrected chi connectivity index (χ3v) is 4.91. The van der Waals surface area contributed by atoms with Gasteiger partial charge in [-0.25, -0.2) is 4.39 Å². The maximum absolute atomic E-state index is 14.1. The van der Waals surface area contributed by atoms with Gasteiger partial charge < -0.3 is 9.64 Å². The van der Waals surface area contributed by atoms with Crippen molar-refractivity contribution in [3.05, 3.63) is 35.6 Å². The summed E-state index contributed by atoms with van der Waals surface area (Å²) in [5.41, 5.74) is -0.0225. The van der Waals surface area contributed by atoms with Gasteiger partial charge in [0.05, 0.1) is 12.0 Å². The highest BCUT2D eigenvalue weighted by Gasteiger charge is 2.54. The average Bonchev–Trinajstić information content (AvgIpc) is 3.34. The largest absolute Gasteiger partial charge is 0.381 e. The van der Waals surface area contributed by atoms with Gasteiger partial charge in [0.25, 0.3) is 0 Å². The molecule has 1 aromatic rings. The van der Waals surface area contributed by atoms with Crippen molar-refractivity contribution in [2.24, 2.45) is 5.92 Å². The molecule has 1 unspecified atom stereocenters. The van der Waals surface area contributed by atoms with Gasteiger partial charge in [0.2, 0.25) is 5.91 Å². The Kier molecular flexibility index (Phi) is 4.48. The molecule has 2 fully saturated rings. The normalized spacial score (nSPS) is 23.4. The number of likely N-dealkylation sites (tertiary alicyclic amines) is 1. The Labute approximate surface area is 131 Å². The fourth-order valence-corrected chi connectivity index (χ4v) is 3.55. The first kappa shape index (κ1) is 15.5. The standard InChI is InChI=1S/C18H24FNO2/c1-2-22-13-14-6-5-11-20(12-14)17(21)18(9-10-18)15-7-3-4-8-16(15)19/h3-4,7-8,14H,2,5-6,9-13H2,1H3. The van der Waals surface area contributed by atoms with Crippen LogP contribution in [-0.2, 0) is 14.9 Å². The lowest BCUT2D eigenvalue weighted by molar-refractivity contribution is -0.136. The second kappa shape index (κ2) is 6.37. The van der Waals surface area contributed by atoms with Gasteiger partial charge in [0, 0.05) is 25.3 Å². The first-order valence-electron chi connectivity index (χ1n) is 8.29. The van der Waals surface area contributed by atoms with E-state index >= 15 is 0 Å². The molecule has 1 aromatic carbocycles. The van der Waals surface area contributed by atoms with Crippen molar-refractivity contribution in [1.82, 2.24) is 4.90 Å². The summed E-state index contributed by atoms with van der Waals surface area (Å²) in [4.78, 5) is 14.9. The van der Waals surface area contributed by atoms with Crippen molar-refractivity contribution in [2.45, 2.75) is 38.0 Å². The number of hydrogen-bond donors (Lipinski definition) is 0. The van der Waals surface area contributed by atoms with Gasteiger partial charge in [-0.2, -0.15) is 0 Å². The van der Waals surface area contributed by atoms with Gasteiger partial charge in [-0.3, -0.25) is 4.79 Å². The van der Waals surface area contributed by atoms with Gasteiger partial charge in [0.15, 0.2) is 0 Å². The number of carbonyl (C=O) groups excluding carboxylic acids is 1. The first-order valence-corrected chi connectivity index (χ1v) is 8.29. The van der Waals surface area contributed by atoms with Crippen molar-refractivity contribution >= 4 is 5.91 Å². The zero-order valence-corrected chi connectivity index (χ0v) is 13.2. The molecule has 4 heteroatoms. The monoisotopic (exact) mass is 305 g/mol. The van der Waals surface area contributed by atoms with Crippen LogP contribution in [0.25, 0.3) is 0 Å². The number of hydrogen-bond acceptors (Lipinski definition) is 2. The second-order valence-corrected chi connectivity index (χ2v) is 6.48. The van der Waals surface area contributed by atoms with E-state index in [-0.39, 0.29) is 11.7 Å². The predicted molar refractivity (Wildman–Crippen MR) is 83.1 cm³/mol. The Morgan fingerprint density at radius 3 is 2.86 bits per heavy atom. The van der Waals surface area contributed by atoms with E-state index in [0.29, 0.717) is 24.7 Å². The molecular formula is C18H24FNO2. The van der Waals surface area contributed by atoms with Gasteiger partial charge in [-0.1, -0.05) is 18.2 Å². The molecule has 1 atom stereocenters. The van der Waals surface area contributed by atoms with Crippen LogP contribution in [0.5, 0.6) is 0 Å². The summed E-state index contributed by atoms with van der Waals surface area (Å²) in [5.74, 6) is 0.268. The Morgan fingerprint density at radius 1 is 1.41 bits per heavy atom. The molecule has 1 aliphatic carbocycles. The quantitative estimate of drug-likeness (QED) is 0.836. The zero-order chi connectivity index (χ0) is 15.6. The van der Waals surface area contributed by atoms with Crippen LogP contribution in [-0.4, -0.2) is 37.1 Å². The third-order valence-electron chi connectivity index (χ3n) is 4.91. The topological polar surface area (TPSA) is 29.5 Å². The fourth-order valence-electron chi connectivity index (χ4n) is 3.55. The Bertz CT molecular complexity index is 542. The number of piperidine rings is 1. The Balaban J connectivity index is 1.72. The minimum atomic E-state index is -0.598. The molecule has 22 heavy (non-hydrogen) atoms. The third kappa shape index (κ3) is 2.89. The molecule has 0 spiro atoms. The van der Waals surface area contributed by atoms with E-state index in [1.165, 1.54) is 6.07 Å². The van der Waals surface area contributed by atoms with Crippen LogP contribution in [0.2, 0.25) is 0 Å². The number of benzene rings is 1. The van der Waals surface area contributed by atoms with Gasteiger partial charge in [-0.05, 0) is 44.6 Å². The van der Waals surface area contributed by atoms with Crippen molar-refractivity contribution in [3.63, 3.8) is 0 Å². The summed E-state index contributed by atoms with van der Waals surface area (Å²) < 4.78 is 19.6. The van der Waals surface area contributed by atoms with Crippen LogP contribution in [0.4, 0.5) is 4.39 Å². The van der Waals surface area contributed by atoms with E-state index in [0.717, 1.165) is 38.8 Å². The highest BCUT2D eigenvalue weighted by molar-refractivity contribution is 5.91. The number of carbonyl (C=O) groups is 1. The molecule has 1 saturated carbocycles. The van der Waals surface area contributed by atoms with E-state index in [9.17, 15) is 9.18 Å². The molecule has 3 rings (SSSR count). The SMILES string of the molecule is CCOCC1CCCN(C(=O)C2(c3ccccc3F)CC2)C1. The summed E-state index contributed by atoms with van der Waals surface area (Å²) in [6, 6.07) is 6.72. The molecular weight excluding hydrogens is 281 g/mol. The molecule has 0 aromatic heterocycles. The summed E-state index contributed by atoms with van der Waals surface area (Å²) in [6.45, 7) is 4.95. The van der Waals surface area contributed by atoms with Gasteiger partial charge >= 0.3 is 0 Å². The zero-order valence-electron chi connectivity index (χ0n) is 13.2. The van der Waals surface area contributed by atoms with Gasteiger partial charge in [0.1, 0.15) is 5.82 Å². The van der Waals surface area contributed by atoms with Crippen LogP contribution in [0.3, 0.4) is 0 Å². The summed E-state index contributed by atoms with van der Waals surface area (Å²) >= 11 is 0. The lowest BCUT2D eigenvalue weighted by Crippen LogP contribution is -2.46. The predicted octanol–water partition coefficient (Wildman–Crippen LogP) is 3.13. The van der Waals surface area contributed by atoms with E-state index in [1.807, 2.05) is 17.9 Å². The first-order chi connectivity index (χ1) is 10.7. The molecule has 3 nitrogen and oxygen atoms in total. The van der Waals surface area contributed by atoms with Crippen LogP contribution < -0.4 is 0 Å². The molecule has 1 saturated heterocycles. The minimum Gasteiger partial charge on any atom is -0.381 e. The number of halogens is 1. The molecule has 1 amide bonds. The summed E-state index contributed by atoms with van der Waals surface area (Å²) in [5, 5.41) is 0. The van der Waals surface area contributed by atoms with Crippen molar-refractivity contribution < 1.29 is 13.9 Å². The summed E-state index contributed by atoms with van der Waals surface area (Å²) in [6.07, 6.45) is 3.64. The molecule has 2 aliphatic rings. The smallest absolute Gasteiger partial charge is 0.233 e. The van der Waals surface area contributed by atoms with Crippen molar-refractivity contribution in [3.8, 4) is 0 Å². The molecule has 0 radical (unpaired) electrons. The maximum Gasteiger partial charge on any atom is 0.233 e. The highest BCUT2D eigenvalue weighted by Crippen LogP contribution is 2.50. The lowest BCUT2D eigenvalue weighted by Gasteiger charge is -2.35. The minimum absolute atomic E-state index is 0.110. The number of nitrogens with zero attached hydrogens (tertiary/aromatic N) is 1.